The molecule has 1 aromatic heterocycles. The maximum Gasteiger partial charge on any atom is 0.331 e. The Bertz CT molecular complexity index is 1270. The second-order valence-electron chi connectivity index (χ2n) is 7.33. The molecule has 4 amide bonds. The molecular formula is C25H21ClN2O7. The number of para-hydroxylation sites is 1. The molecule has 0 bridgehead atoms. The summed E-state index contributed by atoms with van der Waals surface area (Å²) >= 11 is 6.07. The maximum atomic E-state index is 12.9. The number of imide groups is 2. The van der Waals surface area contributed by atoms with Gasteiger partial charge in [-0.1, -0.05) is 29.8 Å². The summed E-state index contributed by atoms with van der Waals surface area (Å²) in [5, 5.41) is 2.68. The van der Waals surface area contributed by atoms with Crippen molar-refractivity contribution in [3.8, 4) is 17.2 Å². The van der Waals surface area contributed by atoms with Crippen LogP contribution in [-0.2, 0) is 16.1 Å². The van der Waals surface area contributed by atoms with E-state index >= 15 is 0 Å². The first kappa shape index (κ1) is 23.9. The number of nitrogens with zero attached hydrogens (tertiary/aromatic N) is 1. The van der Waals surface area contributed by atoms with E-state index in [4.69, 9.17) is 30.2 Å². The number of nitrogens with one attached hydrogen (secondary N) is 1. The Balaban J connectivity index is 1.45. The Kier molecular flexibility index (Phi) is 7.37. The van der Waals surface area contributed by atoms with Crippen LogP contribution in [0.1, 0.15) is 11.3 Å². The van der Waals surface area contributed by atoms with E-state index in [1.165, 1.54) is 19.4 Å². The second-order valence-corrected chi connectivity index (χ2v) is 7.73. The Morgan fingerprint density at radius 2 is 1.74 bits per heavy atom. The molecule has 0 atom stereocenters. The summed E-state index contributed by atoms with van der Waals surface area (Å²) in [6.07, 6.45) is 2.81. The lowest BCUT2D eigenvalue weighted by Crippen LogP contribution is -2.53. The van der Waals surface area contributed by atoms with Gasteiger partial charge < -0.3 is 18.6 Å². The van der Waals surface area contributed by atoms with Crippen LogP contribution in [0.25, 0.3) is 6.08 Å². The predicted molar refractivity (Wildman–Crippen MR) is 126 cm³/mol. The molecule has 180 valence electrons. The van der Waals surface area contributed by atoms with Crippen LogP contribution in [0.5, 0.6) is 17.2 Å². The number of carbonyl (C=O) groups is 3. The Morgan fingerprint density at radius 3 is 2.46 bits per heavy atom. The highest BCUT2D eigenvalue weighted by atomic mass is 35.5. The number of rotatable bonds is 9. The Labute approximate surface area is 205 Å². The van der Waals surface area contributed by atoms with Crippen molar-refractivity contribution >= 4 is 35.5 Å². The van der Waals surface area contributed by atoms with E-state index in [1.807, 2.05) is 12.1 Å². The third-order valence-corrected chi connectivity index (χ3v) is 5.33. The van der Waals surface area contributed by atoms with Crippen LogP contribution in [-0.4, -0.2) is 43.1 Å². The molecule has 1 saturated heterocycles. The first-order chi connectivity index (χ1) is 17.0. The van der Waals surface area contributed by atoms with E-state index in [1.54, 1.807) is 42.5 Å². The third-order valence-electron chi connectivity index (χ3n) is 5.01. The van der Waals surface area contributed by atoms with E-state index in [-0.39, 0.29) is 25.3 Å². The lowest BCUT2D eigenvalue weighted by Gasteiger charge is -2.25. The zero-order valence-corrected chi connectivity index (χ0v) is 19.4. The standard InChI is InChI=1S/C25H21ClN2O7/c1-32-22-14-16(8-9-21(22)35-12-11-34-20-7-3-2-6-19(20)26)13-18-23(29)27-25(31)28(24(18)30)15-17-5-4-10-33-17/h2-10,13-14H,11-12,15H2,1H3,(H,27,29,31). The van der Waals surface area contributed by atoms with Crippen LogP contribution >= 0.6 is 11.6 Å². The summed E-state index contributed by atoms with van der Waals surface area (Å²) < 4.78 is 21.9. The molecule has 0 spiro atoms. The fourth-order valence-corrected chi connectivity index (χ4v) is 3.51. The van der Waals surface area contributed by atoms with Gasteiger partial charge in [-0.15, -0.1) is 0 Å². The number of benzene rings is 2. The van der Waals surface area contributed by atoms with Crippen LogP contribution in [0.4, 0.5) is 4.79 Å². The number of barbiturate groups is 1. The summed E-state index contributed by atoms with van der Waals surface area (Å²) in [6.45, 7) is 0.383. The third kappa shape index (κ3) is 5.64. The van der Waals surface area contributed by atoms with Gasteiger partial charge in [-0.3, -0.25) is 19.8 Å². The van der Waals surface area contributed by atoms with Crippen molar-refractivity contribution in [1.82, 2.24) is 10.2 Å². The van der Waals surface area contributed by atoms with E-state index in [9.17, 15) is 14.4 Å². The fraction of sp³-hybridized carbons (Fsp3) is 0.160. The molecule has 2 aromatic carbocycles. The molecule has 0 saturated carbocycles. The van der Waals surface area contributed by atoms with Crippen LogP contribution < -0.4 is 19.5 Å². The fourth-order valence-electron chi connectivity index (χ4n) is 3.32. The first-order valence-electron chi connectivity index (χ1n) is 10.6. The van der Waals surface area contributed by atoms with Gasteiger partial charge in [-0.05, 0) is 48.0 Å². The van der Waals surface area contributed by atoms with Gasteiger partial charge in [0.05, 0.1) is 24.9 Å². The number of urea groups is 1. The van der Waals surface area contributed by atoms with Gasteiger partial charge in [-0.2, -0.15) is 0 Å². The van der Waals surface area contributed by atoms with Gasteiger partial charge in [0.25, 0.3) is 11.8 Å². The van der Waals surface area contributed by atoms with Crippen molar-refractivity contribution in [2.45, 2.75) is 6.54 Å². The Morgan fingerprint density at radius 1 is 0.971 bits per heavy atom. The first-order valence-corrected chi connectivity index (χ1v) is 10.9. The summed E-state index contributed by atoms with van der Waals surface area (Å²) in [5.41, 5.74) is 0.312. The van der Waals surface area contributed by atoms with Crippen molar-refractivity contribution in [3.05, 3.63) is 82.8 Å². The second kappa shape index (κ2) is 10.8. The minimum absolute atomic E-state index is 0.103. The van der Waals surface area contributed by atoms with Crippen molar-refractivity contribution in [3.63, 3.8) is 0 Å². The smallest absolute Gasteiger partial charge is 0.331 e. The number of hydrogen-bond donors (Lipinski definition) is 1. The molecule has 4 rings (SSSR count). The normalized spacial score (nSPS) is 14.7. The average Bonchev–Trinajstić information content (AvgIpc) is 3.37. The number of furan rings is 1. The maximum absolute atomic E-state index is 12.9. The number of amides is 4. The van der Waals surface area contributed by atoms with Gasteiger partial charge in [0.15, 0.2) is 11.5 Å². The summed E-state index contributed by atoms with van der Waals surface area (Å²) in [7, 11) is 1.47. The topological polar surface area (TPSA) is 107 Å². The SMILES string of the molecule is COc1cc(C=C2C(=O)NC(=O)N(Cc3ccco3)C2=O)ccc1OCCOc1ccccc1Cl. The van der Waals surface area contributed by atoms with Crippen molar-refractivity contribution < 1.29 is 33.0 Å². The highest BCUT2D eigenvalue weighted by Crippen LogP contribution is 2.30. The molecule has 0 unspecified atom stereocenters. The van der Waals surface area contributed by atoms with E-state index in [0.29, 0.717) is 33.6 Å². The lowest BCUT2D eigenvalue weighted by molar-refractivity contribution is -0.130. The minimum atomic E-state index is -0.811. The van der Waals surface area contributed by atoms with E-state index in [2.05, 4.69) is 5.32 Å². The molecule has 35 heavy (non-hydrogen) atoms. The lowest BCUT2D eigenvalue weighted by atomic mass is 10.1. The van der Waals surface area contributed by atoms with Crippen LogP contribution in [0, 0.1) is 0 Å². The van der Waals surface area contributed by atoms with Gasteiger partial charge >= 0.3 is 6.03 Å². The van der Waals surface area contributed by atoms with Crippen molar-refractivity contribution in [2.24, 2.45) is 0 Å². The quantitative estimate of drug-likeness (QED) is 0.270. The summed E-state index contributed by atoms with van der Waals surface area (Å²) in [5.74, 6) is 0.291. The molecular weight excluding hydrogens is 476 g/mol. The number of carbonyl (C=O) groups excluding carboxylic acids is 3. The zero-order chi connectivity index (χ0) is 24.8. The van der Waals surface area contributed by atoms with Gasteiger partial charge in [-0.25, -0.2) is 4.79 Å². The van der Waals surface area contributed by atoms with Crippen molar-refractivity contribution in [1.29, 1.82) is 0 Å². The number of halogens is 1. The molecule has 0 radical (unpaired) electrons. The number of methoxy groups -OCH3 is 1. The molecule has 9 nitrogen and oxygen atoms in total. The number of hydrogen-bond acceptors (Lipinski definition) is 7. The molecule has 1 fully saturated rings. The summed E-state index contributed by atoms with van der Waals surface area (Å²) in [6, 6.07) is 14.5. The van der Waals surface area contributed by atoms with E-state index in [0.717, 1.165) is 4.90 Å². The predicted octanol–water partition coefficient (Wildman–Crippen LogP) is 4.06. The monoisotopic (exact) mass is 496 g/mol. The molecule has 10 heteroatoms. The summed E-state index contributed by atoms with van der Waals surface area (Å²) in [4.78, 5) is 38.3. The largest absolute Gasteiger partial charge is 0.493 e. The highest BCUT2D eigenvalue weighted by molar-refractivity contribution is 6.32. The number of ether oxygens (including phenoxy) is 3. The average molecular weight is 497 g/mol. The highest BCUT2D eigenvalue weighted by Gasteiger charge is 2.36. The molecule has 1 aliphatic rings. The van der Waals surface area contributed by atoms with Crippen LogP contribution in [0.2, 0.25) is 5.02 Å². The molecule has 1 aliphatic heterocycles. The van der Waals surface area contributed by atoms with E-state index < -0.39 is 17.8 Å². The molecule has 0 aliphatic carbocycles. The van der Waals surface area contributed by atoms with Crippen LogP contribution in [0.3, 0.4) is 0 Å². The zero-order valence-electron chi connectivity index (χ0n) is 18.7. The van der Waals surface area contributed by atoms with Gasteiger partial charge in [0.2, 0.25) is 0 Å². The van der Waals surface area contributed by atoms with Gasteiger partial charge in [0.1, 0.15) is 30.3 Å². The molecule has 2 heterocycles. The van der Waals surface area contributed by atoms with Gasteiger partial charge in [0, 0.05) is 0 Å². The van der Waals surface area contributed by atoms with Crippen LogP contribution in [0.15, 0.2) is 70.9 Å². The molecule has 3 aromatic rings. The minimum Gasteiger partial charge on any atom is -0.493 e. The van der Waals surface area contributed by atoms with Crippen molar-refractivity contribution in [2.75, 3.05) is 20.3 Å². The Hall–Kier alpha value is -4.24. The molecule has 1 N–H and O–H groups in total.